The maximum absolute atomic E-state index is 13.9. The monoisotopic (exact) mass is 402 g/mol. The molecule has 5 nitrogen and oxygen atoms in total. The molecule has 1 aliphatic heterocycles. The number of aromatic nitrogens is 2. The van der Waals surface area contributed by atoms with E-state index in [-0.39, 0.29) is 0 Å². The molecule has 28 heavy (non-hydrogen) atoms. The van der Waals surface area contributed by atoms with Crippen molar-refractivity contribution in [1.82, 2.24) is 9.97 Å². The first-order valence-corrected chi connectivity index (χ1v) is 10.0. The van der Waals surface area contributed by atoms with Gasteiger partial charge in [-0.15, -0.1) is 11.3 Å². The van der Waals surface area contributed by atoms with Crippen LogP contribution in [0.25, 0.3) is 10.2 Å². The lowest BCUT2D eigenvalue weighted by atomic mass is 10.0. The highest BCUT2D eigenvalue weighted by Gasteiger charge is 2.26. The van der Waals surface area contributed by atoms with Crippen LogP contribution < -0.4 is 10.2 Å². The van der Waals surface area contributed by atoms with Gasteiger partial charge in [-0.05, 0) is 50.8 Å². The SMILES string of the molecule is Cc1c(C(=O)Nc2c(F)cccc2F)sc2ncnc(N3CCCC[C@@H]3C)c12. The third-order valence-electron chi connectivity index (χ3n) is 5.19. The van der Waals surface area contributed by atoms with Crippen LogP contribution in [-0.4, -0.2) is 28.5 Å². The Morgan fingerprint density at radius 2 is 2.00 bits per heavy atom. The van der Waals surface area contributed by atoms with Gasteiger partial charge in [0.15, 0.2) is 0 Å². The average Bonchev–Trinajstić information content (AvgIpc) is 3.02. The van der Waals surface area contributed by atoms with Crippen molar-refractivity contribution in [3.63, 3.8) is 0 Å². The van der Waals surface area contributed by atoms with Gasteiger partial charge in [0.2, 0.25) is 0 Å². The van der Waals surface area contributed by atoms with E-state index in [0.29, 0.717) is 15.7 Å². The molecule has 1 aliphatic rings. The molecule has 0 aliphatic carbocycles. The molecular weight excluding hydrogens is 382 g/mol. The fraction of sp³-hybridized carbons (Fsp3) is 0.350. The Labute approximate surface area is 165 Å². The number of amides is 1. The largest absolute Gasteiger partial charge is 0.353 e. The lowest BCUT2D eigenvalue weighted by molar-refractivity contribution is 0.102. The summed E-state index contributed by atoms with van der Waals surface area (Å²) >= 11 is 1.21. The number of hydrogen-bond donors (Lipinski definition) is 1. The van der Waals surface area contributed by atoms with Crippen molar-refractivity contribution >= 4 is 39.0 Å². The number of aryl methyl sites for hydroxylation is 1. The quantitative estimate of drug-likeness (QED) is 0.676. The van der Waals surface area contributed by atoms with Gasteiger partial charge in [0.1, 0.15) is 34.3 Å². The zero-order chi connectivity index (χ0) is 19.8. The maximum atomic E-state index is 13.9. The van der Waals surface area contributed by atoms with Crippen LogP contribution in [0.3, 0.4) is 0 Å². The molecule has 1 aromatic carbocycles. The fourth-order valence-corrected chi connectivity index (χ4v) is 4.73. The van der Waals surface area contributed by atoms with Gasteiger partial charge in [-0.2, -0.15) is 0 Å². The van der Waals surface area contributed by atoms with Gasteiger partial charge < -0.3 is 10.2 Å². The van der Waals surface area contributed by atoms with E-state index in [0.717, 1.165) is 48.3 Å². The van der Waals surface area contributed by atoms with E-state index in [1.165, 1.54) is 30.2 Å². The summed E-state index contributed by atoms with van der Waals surface area (Å²) in [7, 11) is 0. The van der Waals surface area contributed by atoms with E-state index in [4.69, 9.17) is 0 Å². The molecule has 2 aromatic heterocycles. The molecule has 1 fully saturated rings. The summed E-state index contributed by atoms with van der Waals surface area (Å²) in [5.74, 6) is -1.35. The summed E-state index contributed by atoms with van der Waals surface area (Å²) in [5, 5.41) is 3.20. The molecule has 0 spiro atoms. The number of carbonyl (C=O) groups is 1. The van der Waals surface area contributed by atoms with Crippen LogP contribution in [-0.2, 0) is 0 Å². The smallest absolute Gasteiger partial charge is 0.266 e. The highest BCUT2D eigenvalue weighted by atomic mass is 32.1. The molecule has 1 N–H and O–H groups in total. The van der Waals surface area contributed by atoms with Crippen LogP contribution in [0.15, 0.2) is 24.5 Å². The van der Waals surface area contributed by atoms with Gasteiger partial charge in [0, 0.05) is 12.6 Å². The van der Waals surface area contributed by atoms with Gasteiger partial charge >= 0.3 is 0 Å². The van der Waals surface area contributed by atoms with Crippen LogP contribution in [0.5, 0.6) is 0 Å². The molecule has 1 amide bonds. The number of hydrogen-bond acceptors (Lipinski definition) is 5. The van der Waals surface area contributed by atoms with Crippen molar-refractivity contribution in [1.29, 1.82) is 0 Å². The summed E-state index contributed by atoms with van der Waals surface area (Å²) in [4.78, 5) is 24.9. The van der Waals surface area contributed by atoms with Gasteiger partial charge in [-0.1, -0.05) is 6.07 Å². The van der Waals surface area contributed by atoms with E-state index in [1.807, 2.05) is 6.92 Å². The third kappa shape index (κ3) is 3.22. The number of fused-ring (bicyclic) bond motifs is 1. The predicted molar refractivity (Wildman–Crippen MR) is 107 cm³/mol. The Bertz CT molecular complexity index is 1030. The minimum atomic E-state index is -0.810. The summed E-state index contributed by atoms with van der Waals surface area (Å²) in [6.07, 6.45) is 4.89. The Hall–Kier alpha value is -2.61. The number of piperidine rings is 1. The van der Waals surface area contributed by atoms with Crippen LogP contribution in [0.1, 0.15) is 41.4 Å². The molecule has 8 heteroatoms. The molecule has 0 bridgehead atoms. The number of nitrogens with one attached hydrogen (secondary N) is 1. The van der Waals surface area contributed by atoms with Crippen LogP contribution in [0.2, 0.25) is 0 Å². The second kappa shape index (κ2) is 7.43. The Morgan fingerprint density at radius 3 is 2.71 bits per heavy atom. The normalized spacial score (nSPS) is 17.1. The van der Waals surface area contributed by atoms with Gasteiger partial charge in [-0.3, -0.25) is 4.79 Å². The zero-order valence-electron chi connectivity index (χ0n) is 15.6. The van der Waals surface area contributed by atoms with Crippen LogP contribution in [0.4, 0.5) is 20.3 Å². The minimum Gasteiger partial charge on any atom is -0.353 e. The third-order valence-corrected chi connectivity index (χ3v) is 6.39. The predicted octanol–water partition coefficient (Wildman–Crippen LogP) is 4.91. The van der Waals surface area contributed by atoms with Gasteiger partial charge in [0.25, 0.3) is 5.91 Å². The van der Waals surface area contributed by atoms with Gasteiger partial charge in [0.05, 0.1) is 10.3 Å². The second-order valence-electron chi connectivity index (χ2n) is 7.02. The van der Waals surface area contributed by atoms with Crippen molar-refractivity contribution < 1.29 is 13.6 Å². The molecule has 146 valence electrons. The maximum Gasteiger partial charge on any atom is 0.266 e. The number of halogens is 2. The molecule has 1 saturated heterocycles. The van der Waals surface area contributed by atoms with E-state index < -0.39 is 23.2 Å². The van der Waals surface area contributed by atoms with Crippen molar-refractivity contribution in [2.45, 2.75) is 39.2 Å². The molecule has 3 aromatic rings. The number of benzene rings is 1. The summed E-state index contributed by atoms with van der Waals surface area (Å²) in [5.41, 5.74) is 0.280. The molecule has 4 rings (SSSR count). The van der Waals surface area contributed by atoms with Crippen LogP contribution >= 0.6 is 11.3 Å². The summed E-state index contributed by atoms with van der Waals surface area (Å²) < 4.78 is 27.8. The fourth-order valence-electron chi connectivity index (χ4n) is 3.69. The van der Waals surface area contributed by atoms with Crippen molar-refractivity contribution in [2.24, 2.45) is 0 Å². The van der Waals surface area contributed by atoms with E-state index in [2.05, 4.69) is 27.1 Å². The molecular formula is C20H20F2N4OS. The number of rotatable bonds is 3. The summed E-state index contributed by atoms with van der Waals surface area (Å²) in [6, 6.07) is 3.83. The Morgan fingerprint density at radius 1 is 1.25 bits per heavy atom. The molecule has 0 unspecified atom stereocenters. The van der Waals surface area contributed by atoms with Gasteiger partial charge in [-0.25, -0.2) is 18.7 Å². The highest BCUT2D eigenvalue weighted by molar-refractivity contribution is 7.20. The molecule has 0 radical (unpaired) electrons. The standard InChI is InChI=1S/C20H20F2N4OS/c1-11-6-3-4-9-26(11)18-15-12(2)17(28-20(15)24-10-23-18)19(27)25-16-13(21)7-5-8-14(16)22/h5,7-8,10-11H,3-4,6,9H2,1-2H3,(H,25,27)/t11-/m0/s1. The molecule has 0 saturated carbocycles. The lowest BCUT2D eigenvalue weighted by Crippen LogP contribution is -2.38. The van der Waals surface area contributed by atoms with Crippen molar-refractivity contribution in [3.8, 4) is 0 Å². The number of nitrogens with zero attached hydrogens (tertiary/aromatic N) is 3. The minimum absolute atomic E-state index is 0.357. The van der Waals surface area contributed by atoms with Crippen molar-refractivity contribution in [2.75, 3.05) is 16.8 Å². The van der Waals surface area contributed by atoms with Crippen molar-refractivity contribution in [3.05, 3.63) is 46.6 Å². The Kier molecular flexibility index (Phi) is 4.97. The van der Waals surface area contributed by atoms with E-state index in [1.54, 1.807) is 0 Å². The lowest BCUT2D eigenvalue weighted by Gasteiger charge is -2.34. The summed E-state index contributed by atoms with van der Waals surface area (Å²) in [6.45, 7) is 4.90. The number of carbonyl (C=O) groups excluding carboxylic acids is 1. The number of anilines is 2. The van der Waals surface area contributed by atoms with Crippen LogP contribution in [0, 0.1) is 18.6 Å². The average molecular weight is 402 g/mol. The second-order valence-corrected chi connectivity index (χ2v) is 8.02. The zero-order valence-corrected chi connectivity index (χ0v) is 16.4. The van der Waals surface area contributed by atoms with E-state index in [9.17, 15) is 13.6 Å². The molecule has 1 atom stereocenters. The first-order chi connectivity index (χ1) is 13.5. The number of thiophene rings is 1. The van der Waals surface area contributed by atoms with E-state index >= 15 is 0 Å². The first-order valence-electron chi connectivity index (χ1n) is 9.23. The Balaban J connectivity index is 1.74. The first kappa shape index (κ1) is 18.7. The highest BCUT2D eigenvalue weighted by Crippen LogP contribution is 2.37. The topological polar surface area (TPSA) is 58.1 Å². The number of para-hydroxylation sites is 1. The molecule has 3 heterocycles.